The zero-order chi connectivity index (χ0) is 13.0. The highest BCUT2D eigenvalue weighted by Gasteiger charge is 2.13. The first-order chi connectivity index (χ1) is 8.70. The molecule has 0 aliphatic rings. The molecule has 0 bridgehead atoms. The van der Waals surface area contributed by atoms with Crippen molar-refractivity contribution in [2.45, 2.75) is 17.1 Å². The number of pyridine rings is 1. The number of aromatic nitrogens is 3. The van der Waals surface area contributed by atoms with Gasteiger partial charge >= 0.3 is 0 Å². The Morgan fingerprint density at radius 3 is 2.61 bits per heavy atom. The van der Waals surface area contributed by atoms with Gasteiger partial charge in [-0.1, -0.05) is 0 Å². The molecule has 2 rings (SSSR count). The number of hydrogen-bond donors (Lipinski definition) is 1. The molecule has 0 unspecified atom stereocenters. The van der Waals surface area contributed by atoms with Gasteiger partial charge < -0.3 is 5.32 Å². The first kappa shape index (κ1) is 12.7. The third-order valence-corrected chi connectivity index (χ3v) is 2.84. The molecule has 1 N–H and O–H groups in total. The smallest absolute Gasteiger partial charge is 0.193 e. The third-order valence-electron chi connectivity index (χ3n) is 1.97. The molecule has 2 heterocycles. The van der Waals surface area contributed by atoms with Crippen LogP contribution in [0.2, 0.25) is 0 Å². The summed E-state index contributed by atoms with van der Waals surface area (Å²) in [5, 5.41) is 3.12. The Labute approximate surface area is 107 Å². The van der Waals surface area contributed by atoms with Gasteiger partial charge in [-0.3, -0.25) is 0 Å². The van der Waals surface area contributed by atoms with Crippen molar-refractivity contribution in [1.29, 1.82) is 0 Å². The lowest BCUT2D eigenvalue weighted by Crippen LogP contribution is -2.04. The summed E-state index contributed by atoms with van der Waals surface area (Å²) >= 11 is 0.948. The SMILES string of the molecule is CCNc1nc(Sc2ncccn2)c(F)cc1F. The molecule has 0 aliphatic heterocycles. The van der Waals surface area contributed by atoms with Crippen molar-refractivity contribution in [3.05, 3.63) is 36.2 Å². The van der Waals surface area contributed by atoms with Crippen LogP contribution in [0.25, 0.3) is 0 Å². The van der Waals surface area contributed by atoms with E-state index in [4.69, 9.17) is 0 Å². The fourth-order valence-corrected chi connectivity index (χ4v) is 1.93. The maximum absolute atomic E-state index is 13.5. The number of nitrogens with one attached hydrogen (secondary N) is 1. The summed E-state index contributed by atoms with van der Waals surface area (Å²) in [4.78, 5) is 11.8. The predicted octanol–water partition coefficient (Wildman–Crippen LogP) is 2.73. The minimum absolute atomic E-state index is 0.0253. The molecule has 0 atom stereocenters. The van der Waals surface area contributed by atoms with Gasteiger partial charge in [-0.25, -0.2) is 23.7 Å². The van der Waals surface area contributed by atoms with Crippen LogP contribution in [0.1, 0.15) is 6.92 Å². The quantitative estimate of drug-likeness (QED) is 0.864. The van der Waals surface area contributed by atoms with Gasteiger partial charge in [0.25, 0.3) is 0 Å². The second-order valence-electron chi connectivity index (χ2n) is 3.27. The maximum atomic E-state index is 13.5. The second-order valence-corrected chi connectivity index (χ2v) is 4.23. The van der Waals surface area contributed by atoms with E-state index >= 15 is 0 Å². The monoisotopic (exact) mass is 268 g/mol. The summed E-state index contributed by atoms with van der Waals surface area (Å²) in [6.45, 7) is 2.30. The molecule has 0 fully saturated rings. The molecule has 4 nitrogen and oxygen atoms in total. The Bertz CT molecular complexity index is 536. The van der Waals surface area contributed by atoms with Crippen LogP contribution in [0.15, 0.2) is 34.7 Å². The van der Waals surface area contributed by atoms with Crippen LogP contribution in [0.4, 0.5) is 14.6 Å². The van der Waals surface area contributed by atoms with Gasteiger partial charge in [0.15, 0.2) is 22.6 Å². The minimum Gasteiger partial charge on any atom is -0.368 e. The summed E-state index contributed by atoms with van der Waals surface area (Å²) in [6, 6.07) is 2.46. The van der Waals surface area contributed by atoms with E-state index in [9.17, 15) is 8.78 Å². The van der Waals surface area contributed by atoms with Crippen LogP contribution >= 0.6 is 11.8 Å². The molecule has 2 aromatic heterocycles. The Hall–Kier alpha value is -1.76. The molecule has 0 amide bonds. The van der Waals surface area contributed by atoms with Gasteiger partial charge in [0.2, 0.25) is 0 Å². The molecular formula is C11H10F2N4S. The molecule has 94 valence electrons. The van der Waals surface area contributed by atoms with E-state index in [1.165, 1.54) is 0 Å². The van der Waals surface area contributed by atoms with Crippen LogP contribution < -0.4 is 5.32 Å². The molecule has 2 aromatic rings. The van der Waals surface area contributed by atoms with Gasteiger partial charge in [0.05, 0.1) is 0 Å². The van der Waals surface area contributed by atoms with Gasteiger partial charge in [0.1, 0.15) is 5.03 Å². The number of halogens is 2. The van der Waals surface area contributed by atoms with Crippen molar-refractivity contribution in [3.63, 3.8) is 0 Å². The van der Waals surface area contributed by atoms with E-state index in [-0.39, 0.29) is 10.8 Å². The van der Waals surface area contributed by atoms with E-state index in [0.29, 0.717) is 11.7 Å². The molecule has 0 radical (unpaired) electrons. The molecule has 0 aliphatic carbocycles. The highest BCUT2D eigenvalue weighted by molar-refractivity contribution is 7.99. The lowest BCUT2D eigenvalue weighted by Gasteiger charge is -2.07. The zero-order valence-corrected chi connectivity index (χ0v) is 10.3. The maximum Gasteiger partial charge on any atom is 0.193 e. The van der Waals surface area contributed by atoms with Gasteiger partial charge in [-0.05, 0) is 24.8 Å². The third kappa shape index (κ3) is 2.92. The van der Waals surface area contributed by atoms with Crippen molar-refractivity contribution < 1.29 is 8.78 Å². The molecule has 0 spiro atoms. The standard InChI is InChI=1S/C11H10F2N4S/c1-2-14-9-7(12)6-8(13)10(17-9)18-11-15-4-3-5-16-11/h3-6H,2H2,1H3,(H,14,17). The number of nitrogens with zero attached hydrogens (tertiary/aromatic N) is 3. The van der Waals surface area contributed by atoms with Crippen molar-refractivity contribution in [2.24, 2.45) is 0 Å². The van der Waals surface area contributed by atoms with E-state index in [1.54, 1.807) is 25.4 Å². The topological polar surface area (TPSA) is 50.7 Å². The molecule has 0 saturated carbocycles. The second kappa shape index (κ2) is 5.72. The number of hydrogen-bond acceptors (Lipinski definition) is 5. The Kier molecular flexibility index (Phi) is 4.03. The normalized spacial score (nSPS) is 10.4. The Balaban J connectivity index is 2.30. The average Bonchev–Trinajstić information content (AvgIpc) is 2.37. The zero-order valence-electron chi connectivity index (χ0n) is 9.52. The van der Waals surface area contributed by atoms with Crippen molar-refractivity contribution in [1.82, 2.24) is 15.0 Å². The van der Waals surface area contributed by atoms with Crippen LogP contribution in [0.3, 0.4) is 0 Å². The lowest BCUT2D eigenvalue weighted by molar-refractivity contribution is 0.551. The number of rotatable bonds is 4. The highest BCUT2D eigenvalue weighted by Crippen LogP contribution is 2.27. The lowest BCUT2D eigenvalue weighted by atomic mass is 10.4. The fraction of sp³-hybridized carbons (Fsp3) is 0.182. The first-order valence-corrected chi connectivity index (χ1v) is 6.07. The van der Waals surface area contributed by atoms with E-state index in [2.05, 4.69) is 20.3 Å². The van der Waals surface area contributed by atoms with Crippen LogP contribution in [0, 0.1) is 11.6 Å². The molecule has 18 heavy (non-hydrogen) atoms. The summed E-state index contributed by atoms with van der Waals surface area (Å²) in [6.07, 6.45) is 3.09. The van der Waals surface area contributed by atoms with Crippen molar-refractivity contribution in [3.8, 4) is 0 Å². The Morgan fingerprint density at radius 2 is 1.94 bits per heavy atom. The number of anilines is 1. The van der Waals surface area contributed by atoms with Gasteiger partial charge in [-0.15, -0.1) is 0 Å². The molecule has 0 aromatic carbocycles. The van der Waals surface area contributed by atoms with Crippen LogP contribution in [-0.2, 0) is 0 Å². The minimum atomic E-state index is -0.730. The average molecular weight is 268 g/mol. The van der Waals surface area contributed by atoms with E-state index < -0.39 is 11.6 Å². The molecule has 7 heteroatoms. The fourth-order valence-electron chi connectivity index (χ4n) is 1.24. The first-order valence-electron chi connectivity index (χ1n) is 5.25. The van der Waals surface area contributed by atoms with E-state index in [1.807, 2.05) is 0 Å². The summed E-state index contributed by atoms with van der Waals surface area (Å²) in [5.41, 5.74) is 0. The summed E-state index contributed by atoms with van der Waals surface area (Å²) in [7, 11) is 0. The Morgan fingerprint density at radius 1 is 1.22 bits per heavy atom. The highest BCUT2D eigenvalue weighted by atomic mass is 32.2. The molecule has 0 saturated heterocycles. The van der Waals surface area contributed by atoms with Crippen molar-refractivity contribution in [2.75, 3.05) is 11.9 Å². The summed E-state index contributed by atoms with van der Waals surface area (Å²) in [5.74, 6) is -1.42. The van der Waals surface area contributed by atoms with Crippen LogP contribution in [0.5, 0.6) is 0 Å². The summed E-state index contributed by atoms with van der Waals surface area (Å²) < 4.78 is 26.9. The van der Waals surface area contributed by atoms with Gasteiger partial charge in [-0.2, -0.15) is 0 Å². The predicted molar refractivity (Wildman–Crippen MR) is 64.5 cm³/mol. The molecular weight excluding hydrogens is 258 g/mol. The van der Waals surface area contributed by atoms with Gasteiger partial charge in [0, 0.05) is 25.0 Å². The van der Waals surface area contributed by atoms with Crippen molar-refractivity contribution >= 4 is 17.6 Å². The largest absolute Gasteiger partial charge is 0.368 e. The van der Waals surface area contributed by atoms with E-state index in [0.717, 1.165) is 17.8 Å². The van der Waals surface area contributed by atoms with Crippen LogP contribution in [-0.4, -0.2) is 21.5 Å².